The van der Waals surface area contributed by atoms with E-state index in [1.54, 1.807) is 14.2 Å². The van der Waals surface area contributed by atoms with Crippen LogP contribution in [0.5, 0.6) is 5.75 Å². The first kappa shape index (κ1) is 18.0. The van der Waals surface area contributed by atoms with E-state index in [1.807, 2.05) is 54.6 Å². The first-order chi connectivity index (χ1) is 11.7. The quantitative estimate of drug-likeness (QED) is 0.755. The van der Waals surface area contributed by atoms with Crippen LogP contribution in [0.3, 0.4) is 0 Å². The summed E-state index contributed by atoms with van der Waals surface area (Å²) in [6.07, 6.45) is -0.466. The van der Waals surface area contributed by atoms with Crippen molar-refractivity contribution in [2.45, 2.75) is 18.7 Å². The van der Waals surface area contributed by atoms with Crippen molar-refractivity contribution in [2.75, 3.05) is 21.3 Å². The third kappa shape index (κ3) is 4.57. The second-order valence-corrected chi connectivity index (χ2v) is 5.30. The molecule has 2 rings (SSSR count). The second kappa shape index (κ2) is 9.05. The number of carbonyl (C=O) groups is 1. The predicted molar refractivity (Wildman–Crippen MR) is 91.8 cm³/mol. The van der Waals surface area contributed by atoms with Crippen LogP contribution in [-0.4, -0.2) is 33.3 Å². The van der Waals surface area contributed by atoms with Gasteiger partial charge in [0.2, 0.25) is 0 Å². The van der Waals surface area contributed by atoms with Gasteiger partial charge in [0.1, 0.15) is 17.9 Å². The highest BCUT2D eigenvalue weighted by molar-refractivity contribution is 5.76. The van der Waals surface area contributed by atoms with Crippen molar-refractivity contribution in [3.8, 4) is 5.75 Å². The number of hydrogen-bond acceptors (Lipinski definition) is 5. The molecule has 2 aromatic carbocycles. The number of carbonyl (C=O) groups excluding carboxylic acids is 1. The molecule has 0 aliphatic rings. The minimum atomic E-state index is -0.617. The Morgan fingerprint density at radius 3 is 2.21 bits per heavy atom. The molecule has 0 fully saturated rings. The third-order valence-electron chi connectivity index (χ3n) is 3.83. The van der Waals surface area contributed by atoms with Crippen molar-refractivity contribution in [3.05, 3.63) is 65.7 Å². The Kier molecular flexibility index (Phi) is 6.78. The van der Waals surface area contributed by atoms with Gasteiger partial charge < -0.3 is 14.2 Å². The molecule has 24 heavy (non-hydrogen) atoms. The van der Waals surface area contributed by atoms with Crippen molar-refractivity contribution in [1.82, 2.24) is 5.32 Å². The number of benzene rings is 2. The van der Waals surface area contributed by atoms with Gasteiger partial charge in [0.25, 0.3) is 0 Å². The van der Waals surface area contributed by atoms with E-state index < -0.39 is 12.1 Å². The zero-order valence-electron chi connectivity index (χ0n) is 14.2. The zero-order chi connectivity index (χ0) is 17.4. The number of hydrogen-bond donors (Lipinski definition) is 1. The maximum atomic E-state index is 12.2. The monoisotopic (exact) mass is 329 g/mol. The van der Waals surface area contributed by atoms with Crippen LogP contribution in [0.1, 0.15) is 17.2 Å². The Morgan fingerprint density at radius 2 is 1.67 bits per heavy atom. The van der Waals surface area contributed by atoms with Gasteiger partial charge in [0.05, 0.1) is 14.2 Å². The third-order valence-corrected chi connectivity index (χ3v) is 3.83. The highest BCUT2D eigenvalue weighted by atomic mass is 16.5. The molecule has 0 amide bonds. The molecule has 0 radical (unpaired) electrons. The maximum absolute atomic E-state index is 12.2. The molecule has 0 bridgehead atoms. The summed E-state index contributed by atoms with van der Waals surface area (Å²) in [5, 5.41) is 3.23. The highest BCUT2D eigenvalue weighted by Crippen LogP contribution is 2.24. The van der Waals surface area contributed by atoms with Gasteiger partial charge in [0.15, 0.2) is 0 Å². The molecule has 0 aliphatic carbocycles. The highest BCUT2D eigenvalue weighted by Gasteiger charge is 2.30. The number of esters is 1. The first-order valence-electron chi connectivity index (χ1n) is 7.71. The largest absolute Gasteiger partial charge is 0.497 e. The minimum Gasteiger partial charge on any atom is -0.497 e. The molecule has 5 nitrogen and oxygen atoms in total. The fraction of sp³-hybridized carbons (Fsp3) is 0.316. The molecular weight excluding hydrogens is 306 g/mol. The Morgan fingerprint density at radius 1 is 1.00 bits per heavy atom. The average molecular weight is 329 g/mol. The molecule has 128 valence electrons. The van der Waals surface area contributed by atoms with Crippen molar-refractivity contribution in [1.29, 1.82) is 0 Å². The van der Waals surface area contributed by atoms with Crippen LogP contribution in [0, 0.1) is 0 Å². The summed E-state index contributed by atoms with van der Waals surface area (Å²) in [4.78, 5) is 12.2. The van der Waals surface area contributed by atoms with Crippen LogP contribution >= 0.6 is 0 Å². The van der Waals surface area contributed by atoms with E-state index in [2.05, 4.69) is 5.32 Å². The Bertz CT molecular complexity index is 628. The summed E-state index contributed by atoms with van der Waals surface area (Å²) in [7, 11) is 4.57. The van der Waals surface area contributed by atoms with E-state index in [1.165, 1.54) is 7.11 Å². The van der Waals surface area contributed by atoms with Gasteiger partial charge in [-0.3, -0.25) is 10.1 Å². The van der Waals surface area contributed by atoms with Crippen LogP contribution in [0.15, 0.2) is 54.6 Å². The number of rotatable bonds is 8. The summed E-state index contributed by atoms with van der Waals surface area (Å²) in [5.41, 5.74) is 1.95. The Balaban J connectivity index is 2.18. The minimum absolute atomic E-state index is 0.367. The smallest absolute Gasteiger partial charge is 0.325 e. The number of methoxy groups -OCH3 is 3. The summed E-state index contributed by atoms with van der Waals surface area (Å²) in [6, 6.07) is 16.7. The molecule has 2 aromatic rings. The first-order valence-corrected chi connectivity index (χ1v) is 7.71. The van der Waals surface area contributed by atoms with E-state index in [4.69, 9.17) is 14.2 Å². The van der Waals surface area contributed by atoms with Gasteiger partial charge in [-0.25, -0.2) is 0 Å². The van der Waals surface area contributed by atoms with Crippen molar-refractivity contribution in [3.63, 3.8) is 0 Å². The molecule has 5 heteroatoms. The van der Waals surface area contributed by atoms with Gasteiger partial charge >= 0.3 is 5.97 Å². The van der Waals surface area contributed by atoms with Gasteiger partial charge in [-0.15, -0.1) is 0 Å². The molecule has 1 N–H and O–H groups in total. The lowest BCUT2D eigenvalue weighted by atomic mass is 10.0. The van der Waals surface area contributed by atoms with E-state index in [0.29, 0.717) is 6.54 Å². The van der Waals surface area contributed by atoms with Gasteiger partial charge in [0, 0.05) is 13.7 Å². The molecule has 0 saturated heterocycles. The summed E-state index contributed by atoms with van der Waals surface area (Å²) < 4.78 is 15.7. The molecule has 0 heterocycles. The fourth-order valence-corrected chi connectivity index (χ4v) is 2.52. The van der Waals surface area contributed by atoms with Gasteiger partial charge in [-0.2, -0.15) is 0 Å². The van der Waals surface area contributed by atoms with Crippen LogP contribution in [0.2, 0.25) is 0 Å². The average Bonchev–Trinajstić information content (AvgIpc) is 2.65. The van der Waals surface area contributed by atoms with Crippen molar-refractivity contribution < 1.29 is 19.0 Å². The van der Waals surface area contributed by atoms with Gasteiger partial charge in [-0.1, -0.05) is 42.5 Å². The van der Waals surface area contributed by atoms with Crippen molar-refractivity contribution in [2.24, 2.45) is 0 Å². The van der Waals surface area contributed by atoms with Crippen molar-refractivity contribution >= 4 is 5.97 Å². The number of ether oxygens (including phenoxy) is 3. The fourth-order valence-electron chi connectivity index (χ4n) is 2.52. The summed E-state index contributed by atoms with van der Waals surface area (Å²) in [6.45, 7) is 0.538. The van der Waals surface area contributed by atoms with E-state index in [0.717, 1.165) is 16.9 Å². The lowest BCUT2D eigenvalue weighted by Crippen LogP contribution is -2.42. The number of nitrogens with one attached hydrogen (secondary N) is 1. The lowest BCUT2D eigenvalue weighted by molar-refractivity contribution is -0.147. The molecule has 2 atom stereocenters. The Hall–Kier alpha value is -2.37. The Labute approximate surface area is 142 Å². The topological polar surface area (TPSA) is 56.8 Å². The summed E-state index contributed by atoms with van der Waals surface area (Å²) in [5.74, 6) is 0.383. The second-order valence-electron chi connectivity index (χ2n) is 5.30. The lowest BCUT2D eigenvalue weighted by Gasteiger charge is -2.25. The predicted octanol–water partition coefficient (Wildman–Crippen LogP) is 2.71. The van der Waals surface area contributed by atoms with Crippen LogP contribution in [0.25, 0.3) is 0 Å². The standard InChI is InChI=1S/C19H23NO4/c1-22-16-11-9-15(10-12-16)18(23-2)17(19(21)24-3)20-13-14-7-5-4-6-8-14/h4-12,17-18,20H,13H2,1-3H3. The molecule has 2 unspecified atom stereocenters. The maximum Gasteiger partial charge on any atom is 0.325 e. The molecule has 0 aromatic heterocycles. The normalized spacial score (nSPS) is 13.1. The van der Waals surface area contributed by atoms with Crippen LogP contribution in [0.4, 0.5) is 0 Å². The van der Waals surface area contributed by atoms with Crippen LogP contribution in [-0.2, 0) is 20.8 Å². The molecule has 0 spiro atoms. The molecular formula is C19H23NO4. The van der Waals surface area contributed by atoms with E-state index >= 15 is 0 Å². The van der Waals surface area contributed by atoms with Crippen LogP contribution < -0.4 is 10.1 Å². The molecule has 0 saturated carbocycles. The zero-order valence-corrected chi connectivity index (χ0v) is 14.2. The SMILES string of the molecule is COC(=O)C(NCc1ccccc1)C(OC)c1ccc(OC)cc1. The summed E-state index contributed by atoms with van der Waals surface area (Å²) >= 11 is 0. The van der Waals surface area contributed by atoms with Gasteiger partial charge in [-0.05, 0) is 23.3 Å². The van der Waals surface area contributed by atoms with E-state index in [9.17, 15) is 4.79 Å². The molecule has 0 aliphatic heterocycles. The van der Waals surface area contributed by atoms with E-state index in [-0.39, 0.29) is 5.97 Å².